The van der Waals surface area contributed by atoms with Crippen LogP contribution >= 0.6 is 0 Å². The third-order valence-corrected chi connectivity index (χ3v) is 3.67. The largest absolute Gasteiger partial charge is 0.489 e. The van der Waals surface area contributed by atoms with Gasteiger partial charge in [-0.15, -0.1) is 0 Å². The van der Waals surface area contributed by atoms with Crippen molar-refractivity contribution in [2.45, 2.75) is 20.5 Å². The van der Waals surface area contributed by atoms with Gasteiger partial charge in [-0.05, 0) is 55.3 Å². The molecule has 0 aliphatic carbocycles. The van der Waals surface area contributed by atoms with Crippen molar-refractivity contribution >= 4 is 0 Å². The van der Waals surface area contributed by atoms with Gasteiger partial charge in [0, 0.05) is 0 Å². The number of rotatable bonds is 5. The zero-order valence-electron chi connectivity index (χ0n) is 13.5. The number of para-hydroxylation sites is 1. The van der Waals surface area contributed by atoms with E-state index in [-0.39, 0.29) is 0 Å². The first kappa shape index (κ1) is 15.2. The molecule has 3 aromatic rings. The zero-order chi connectivity index (χ0) is 16.1. The Hall–Kier alpha value is -2.74. The Labute approximate surface area is 137 Å². The van der Waals surface area contributed by atoms with Crippen molar-refractivity contribution in [2.24, 2.45) is 0 Å². The van der Waals surface area contributed by atoms with Crippen molar-refractivity contribution in [3.8, 4) is 17.2 Å². The van der Waals surface area contributed by atoms with Crippen LogP contribution in [-0.2, 0) is 6.61 Å². The van der Waals surface area contributed by atoms with Gasteiger partial charge >= 0.3 is 0 Å². The molecule has 0 fully saturated rings. The molecule has 3 aromatic carbocycles. The molecule has 2 heteroatoms. The fourth-order valence-electron chi connectivity index (χ4n) is 2.25. The van der Waals surface area contributed by atoms with Crippen LogP contribution in [0.4, 0.5) is 0 Å². The smallest absolute Gasteiger partial charge is 0.130 e. The molecule has 0 aliphatic rings. The summed E-state index contributed by atoms with van der Waals surface area (Å²) in [6.45, 7) is 4.68. The highest BCUT2D eigenvalue weighted by Gasteiger charge is 2.01. The van der Waals surface area contributed by atoms with Crippen LogP contribution in [0, 0.1) is 13.8 Å². The second kappa shape index (κ2) is 7.01. The van der Waals surface area contributed by atoms with Crippen molar-refractivity contribution in [2.75, 3.05) is 0 Å². The van der Waals surface area contributed by atoms with Crippen LogP contribution in [0.1, 0.15) is 16.7 Å². The summed E-state index contributed by atoms with van der Waals surface area (Å²) in [5, 5.41) is 0. The molecule has 0 N–H and O–H groups in total. The lowest BCUT2D eigenvalue weighted by molar-refractivity contribution is 0.305. The highest BCUT2D eigenvalue weighted by Crippen LogP contribution is 2.26. The number of aryl methyl sites for hydroxylation is 2. The average molecular weight is 304 g/mol. The highest BCUT2D eigenvalue weighted by molar-refractivity contribution is 5.39. The number of ether oxygens (including phenoxy) is 2. The molecule has 0 aliphatic heterocycles. The first-order chi connectivity index (χ1) is 11.2. The molecular weight excluding hydrogens is 284 g/mol. The summed E-state index contributed by atoms with van der Waals surface area (Å²) in [6, 6.07) is 24.1. The summed E-state index contributed by atoms with van der Waals surface area (Å²) >= 11 is 0. The van der Waals surface area contributed by atoms with Gasteiger partial charge in [-0.25, -0.2) is 0 Å². The monoisotopic (exact) mass is 304 g/mol. The first-order valence-electron chi connectivity index (χ1n) is 7.72. The molecule has 0 atom stereocenters. The van der Waals surface area contributed by atoms with Crippen LogP contribution in [0.25, 0.3) is 0 Å². The summed E-state index contributed by atoms with van der Waals surface area (Å²) in [6.07, 6.45) is 0. The van der Waals surface area contributed by atoms with Crippen molar-refractivity contribution in [3.63, 3.8) is 0 Å². The van der Waals surface area contributed by atoms with Gasteiger partial charge < -0.3 is 9.47 Å². The van der Waals surface area contributed by atoms with E-state index in [4.69, 9.17) is 9.47 Å². The Morgan fingerprint density at radius 3 is 2.04 bits per heavy atom. The number of hydrogen-bond acceptors (Lipinski definition) is 2. The lowest BCUT2D eigenvalue weighted by Crippen LogP contribution is -1.95. The standard InChI is InChI=1S/C21H20O2/c1-16-7-9-18(10-8-16)15-22-19-11-13-20(14-12-19)23-21-6-4-3-5-17(21)2/h3-14H,15H2,1-2H3. The minimum absolute atomic E-state index is 0.568. The van der Waals surface area contributed by atoms with E-state index in [1.807, 2.05) is 55.5 Å². The fraction of sp³-hybridized carbons (Fsp3) is 0.143. The maximum Gasteiger partial charge on any atom is 0.130 e. The summed E-state index contributed by atoms with van der Waals surface area (Å²) in [4.78, 5) is 0. The third kappa shape index (κ3) is 4.13. The van der Waals surface area contributed by atoms with Gasteiger partial charge in [-0.3, -0.25) is 0 Å². The van der Waals surface area contributed by atoms with Crippen LogP contribution in [0.3, 0.4) is 0 Å². The van der Waals surface area contributed by atoms with Gasteiger partial charge in [0.2, 0.25) is 0 Å². The summed E-state index contributed by atoms with van der Waals surface area (Å²) in [5.74, 6) is 2.52. The van der Waals surface area contributed by atoms with E-state index in [1.54, 1.807) is 0 Å². The van der Waals surface area contributed by atoms with Crippen molar-refractivity contribution in [1.29, 1.82) is 0 Å². The third-order valence-electron chi connectivity index (χ3n) is 3.67. The minimum Gasteiger partial charge on any atom is -0.489 e. The molecule has 23 heavy (non-hydrogen) atoms. The molecule has 0 spiro atoms. The summed E-state index contributed by atoms with van der Waals surface area (Å²) < 4.78 is 11.7. The van der Waals surface area contributed by atoms with Gasteiger partial charge in [-0.2, -0.15) is 0 Å². The van der Waals surface area contributed by atoms with Gasteiger partial charge in [-0.1, -0.05) is 48.0 Å². The number of benzene rings is 3. The first-order valence-corrected chi connectivity index (χ1v) is 7.72. The average Bonchev–Trinajstić information content (AvgIpc) is 2.58. The molecule has 0 saturated heterocycles. The molecule has 116 valence electrons. The Balaban J connectivity index is 1.61. The molecule has 0 bridgehead atoms. The molecule has 0 radical (unpaired) electrons. The van der Waals surface area contributed by atoms with Crippen LogP contribution in [0.5, 0.6) is 17.2 Å². The van der Waals surface area contributed by atoms with E-state index in [1.165, 1.54) is 5.56 Å². The van der Waals surface area contributed by atoms with E-state index < -0.39 is 0 Å². The van der Waals surface area contributed by atoms with Crippen molar-refractivity contribution < 1.29 is 9.47 Å². The van der Waals surface area contributed by atoms with Crippen LogP contribution in [-0.4, -0.2) is 0 Å². The van der Waals surface area contributed by atoms with Gasteiger partial charge in [0.15, 0.2) is 0 Å². The fourth-order valence-corrected chi connectivity index (χ4v) is 2.25. The summed E-state index contributed by atoms with van der Waals surface area (Å²) in [5.41, 5.74) is 3.54. The molecule has 0 amide bonds. The molecule has 3 rings (SSSR count). The topological polar surface area (TPSA) is 18.5 Å². The second-order valence-corrected chi connectivity index (χ2v) is 5.61. The number of hydrogen-bond donors (Lipinski definition) is 0. The van der Waals surface area contributed by atoms with E-state index in [2.05, 4.69) is 31.2 Å². The zero-order valence-corrected chi connectivity index (χ0v) is 13.5. The quantitative estimate of drug-likeness (QED) is 0.604. The van der Waals surface area contributed by atoms with Crippen LogP contribution in [0.15, 0.2) is 72.8 Å². The van der Waals surface area contributed by atoms with Crippen molar-refractivity contribution in [3.05, 3.63) is 89.5 Å². The van der Waals surface area contributed by atoms with Crippen molar-refractivity contribution in [1.82, 2.24) is 0 Å². The van der Waals surface area contributed by atoms with E-state index >= 15 is 0 Å². The van der Waals surface area contributed by atoms with E-state index in [0.717, 1.165) is 28.4 Å². The predicted octanol–water partition coefficient (Wildman–Crippen LogP) is 5.67. The maximum atomic E-state index is 5.88. The van der Waals surface area contributed by atoms with Gasteiger partial charge in [0.1, 0.15) is 23.9 Å². The maximum absolute atomic E-state index is 5.88. The Kier molecular flexibility index (Phi) is 4.62. The Morgan fingerprint density at radius 2 is 1.35 bits per heavy atom. The van der Waals surface area contributed by atoms with Crippen LogP contribution < -0.4 is 9.47 Å². The van der Waals surface area contributed by atoms with E-state index in [0.29, 0.717) is 6.61 Å². The Morgan fingerprint density at radius 1 is 0.696 bits per heavy atom. The molecule has 0 heterocycles. The van der Waals surface area contributed by atoms with E-state index in [9.17, 15) is 0 Å². The normalized spacial score (nSPS) is 10.3. The molecule has 0 unspecified atom stereocenters. The predicted molar refractivity (Wildman–Crippen MR) is 93.2 cm³/mol. The second-order valence-electron chi connectivity index (χ2n) is 5.61. The molecule has 0 aromatic heterocycles. The molecule has 0 saturated carbocycles. The summed E-state index contributed by atoms with van der Waals surface area (Å²) in [7, 11) is 0. The molecular formula is C21H20O2. The van der Waals surface area contributed by atoms with Gasteiger partial charge in [0.25, 0.3) is 0 Å². The molecule has 2 nitrogen and oxygen atoms in total. The highest BCUT2D eigenvalue weighted by atomic mass is 16.5. The minimum atomic E-state index is 0.568. The van der Waals surface area contributed by atoms with Gasteiger partial charge in [0.05, 0.1) is 0 Å². The Bertz CT molecular complexity index is 759. The lowest BCUT2D eigenvalue weighted by Gasteiger charge is -2.10. The lowest BCUT2D eigenvalue weighted by atomic mass is 10.2. The van der Waals surface area contributed by atoms with Crippen LogP contribution in [0.2, 0.25) is 0 Å². The SMILES string of the molecule is Cc1ccc(COc2ccc(Oc3ccccc3C)cc2)cc1.